The van der Waals surface area contributed by atoms with E-state index in [4.69, 9.17) is 4.74 Å². The van der Waals surface area contributed by atoms with E-state index in [-0.39, 0.29) is 29.8 Å². The largest absolute Gasteiger partial charge is 0.455 e. The summed E-state index contributed by atoms with van der Waals surface area (Å²) in [4.78, 5) is 29.5. The van der Waals surface area contributed by atoms with Crippen molar-refractivity contribution in [1.29, 1.82) is 0 Å². The third kappa shape index (κ3) is 4.27. The zero-order valence-electron chi connectivity index (χ0n) is 17.9. The first-order valence-corrected chi connectivity index (χ1v) is 11.5. The van der Waals surface area contributed by atoms with Crippen molar-refractivity contribution in [3.63, 3.8) is 0 Å². The lowest BCUT2D eigenvalue weighted by molar-refractivity contribution is -0.153. The van der Waals surface area contributed by atoms with E-state index in [1.54, 1.807) is 16.7 Å². The number of hydrogen-bond acceptors (Lipinski definition) is 4. The molecule has 0 unspecified atom stereocenters. The molecule has 0 aromatic heterocycles. The standard InChI is InChI=1S/C25H29NO3S/c1-25(2,3)18-14-12-17(13-15-18)24(28)29-16-23(27)26-19-8-4-6-10-21(19)30-22-11-7-5-9-20(22)26/h4-11,17-18H,12-16H2,1-3H3. The lowest BCUT2D eigenvalue weighted by atomic mass is 9.70. The zero-order valence-corrected chi connectivity index (χ0v) is 18.7. The van der Waals surface area contributed by atoms with E-state index in [2.05, 4.69) is 20.8 Å². The highest BCUT2D eigenvalue weighted by Crippen LogP contribution is 2.48. The Hall–Kier alpha value is -2.27. The van der Waals surface area contributed by atoms with Gasteiger partial charge in [0, 0.05) is 9.79 Å². The average molecular weight is 424 g/mol. The van der Waals surface area contributed by atoms with Crippen LogP contribution < -0.4 is 4.90 Å². The van der Waals surface area contributed by atoms with Crippen molar-refractivity contribution in [1.82, 2.24) is 0 Å². The monoisotopic (exact) mass is 423 g/mol. The highest BCUT2D eigenvalue weighted by molar-refractivity contribution is 7.99. The van der Waals surface area contributed by atoms with Crippen LogP contribution in [0.2, 0.25) is 0 Å². The van der Waals surface area contributed by atoms with E-state index in [9.17, 15) is 9.59 Å². The van der Waals surface area contributed by atoms with Gasteiger partial charge in [0.15, 0.2) is 6.61 Å². The Morgan fingerprint density at radius 3 is 2.00 bits per heavy atom. The first-order chi connectivity index (χ1) is 14.3. The summed E-state index contributed by atoms with van der Waals surface area (Å²) in [5.41, 5.74) is 1.96. The SMILES string of the molecule is CC(C)(C)C1CCC(C(=O)OCC(=O)N2c3ccccc3Sc3ccccc32)CC1. The highest BCUT2D eigenvalue weighted by atomic mass is 32.2. The fourth-order valence-electron chi connectivity index (χ4n) is 4.48. The Morgan fingerprint density at radius 1 is 0.933 bits per heavy atom. The predicted octanol–water partition coefficient (Wildman–Crippen LogP) is 6.21. The Balaban J connectivity index is 1.42. The van der Waals surface area contributed by atoms with Crippen LogP contribution in [0.25, 0.3) is 0 Å². The van der Waals surface area contributed by atoms with E-state index >= 15 is 0 Å². The van der Waals surface area contributed by atoms with Crippen LogP contribution in [-0.2, 0) is 14.3 Å². The predicted molar refractivity (Wildman–Crippen MR) is 120 cm³/mol. The minimum Gasteiger partial charge on any atom is -0.455 e. The first kappa shape index (κ1) is 21.0. The summed E-state index contributed by atoms with van der Waals surface area (Å²) in [7, 11) is 0. The van der Waals surface area contributed by atoms with Crippen molar-refractivity contribution < 1.29 is 14.3 Å². The third-order valence-corrected chi connectivity index (χ3v) is 7.44. The minimum absolute atomic E-state index is 0.0899. The maximum absolute atomic E-state index is 13.1. The third-order valence-electron chi connectivity index (χ3n) is 6.30. The summed E-state index contributed by atoms with van der Waals surface area (Å²) in [6, 6.07) is 15.7. The molecule has 1 amide bonds. The van der Waals surface area contributed by atoms with Crippen LogP contribution in [0.4, 0.5) is 11.4 Å². The summed E-state index contributed by atoms with van der Waals surface area (Å²) < 4.78 is 5.51. The molecule has 0 N–H and O–H groups in total. The summed E-state index contributed by atoms with van der Waals surface area (Å²) >= 11 is 1.65. The van der Waals surface area contributed by atoms with Crippen LogP contribution in [0.3, 0.4) is 0 Å². The summed E-state index contributed by atoms with van der Waals surface area (Å²) in [6.45, 7) is 6.57. The van der Waals surface area contributed by atoms with Crippen LogP contribution in [0.1, 0.15) is 46.5 Å². The molecule has 0 radical (unpaired) electrons. The minimum atomic E-state index is -0.233. The number of carbonyl (C=O) groups is 2. The van der Waals surface area contributed by atoms with Gasteiger partial charge in [0.1, 0.15) is 0 Å². The second-order valence-corrected chi connectivity index (χ2v) is 10.4. The first-order valence-electron chi connectivity index (χ1n) is 10.7. The number of hydrogen-bond donors (Lipinski definition) is 0. The number of amides is 1. The van der Waals surface area contributed by atoms with E-state index in [1.165, 1.54) is 0 Å². The Bertz CT molecular complexity index is 896. The van der Waals surface area contributed by atoms with Gasteiger partial charge >= 0.3 is 5.97 Å². The number of nitrogens with zero attached hydrogens (tertiary/aromatic N) is 1. The number of esters is 1. The molecule has 1 heterocycles. The topological polar surface area (TPSA) is 46.6 Å². The molecule has 0 saturated heterocycles. The van der Waals surface area contributed by atoms with Crippen molar-refractivity contribution in [2.45, 2.75) is 56.2 Å². The van der Waals surface area contributed by atoms with Gasteiger partial charge in [-0.3, -0.25) is 14.5 Å². The van der Waals surface area contributed by atoms with Gasteiger partial charge in [0.2, 0.25) is 0 Å². The van der Waals surface area contributed by atoms with Gasteiger partial charge in [0.25, 0.3) is 5.91 Å². The number of benzene rings is 2. The second-order valence-electron chi connectivity index (χ2n) is 9.29. The molecule has 4 rings (SSSR count). The summed E-state index contributed by atoms with van der Waals surface area (Å²) in [5.74, 6) is 0.102. The molecule has 2 aliphatic rings. The van der Waals surface area contributed by atoms with Gasteiger partial charge in [-0.25, -0.2) is 0 Å². The van der Waals surface area contributed by atoms with Gasteiger partial charge in [-0.15, -0.1) is 0 Å². The Labute approximate surface area is 183 Å². The molecular formula is C25H29NO3S. The molecule has 1 fully saturated rings. The molecule has 0 atom stereocenters. The van der Waals surface area contributed by atoms with Crippen molar-refractivity contribution >= 4 is 35.0 Å². The van der Waals surface area contributed by atoms with Crippen LogP contribution in [0.5, 0.6) is 0 Å². The Kier molecular flexibility index (Phi) is 5.92. The second kappa shape index (κ2) is 8.46. The van der Waals surface area contributed by atoms with Crippen molar-refractivity contribution in [3.8, 4) is 0 Å². The molecule has 2 aromatic carbocycles. The molecule has 5 heteroatoms. The van der Waals surface area contributed by atoms with E-state index in [0.29, 0.717) is 5.92 Å². The molecule has 30 heavy (non-hydrogen) atoms. The quantitative estimate of drug-likeness (QED) is 0.551. The van der Waals surface area contributed by atoms with Gasteiger partial charge in [-0.2, -0.15) is 0 Å². The lowest BCUT2D eigenvalue weighted by Crippen LogP contribution is -2.34. The summed E-state index contributed by atoms with van der Waals surface area (Å²) in [5, 5.41) is 0. The molecule has 0 spiro atoms. The van der Waals surface area contributed by atoms with Gasteiger partial charge in [0.05, 0.1) is 17.3 Å². The smallest absolute Gasteiger partial charge is 0.309 e. The molecular weight excluding hydrogens is 394 g/mol. The fraction of sp³-hybridized carbons (Fsp3) is 0.440. The van der Waals surface area contributed by atoms with E-state index < -0.39 is 0 Å². The Morgan fingerprint density at radius 2 is 1.47 bits per heavy atom. The number of ether oxygens (including phenoxy) is 1. The van der Waals surface area contributed by atoms with Gasteiger partial charge in [-0.05, 0) is 61.3 Å². The van der Waals surface area contributed by atoms with Crippen molar-refractivity contribution in [2.24, 2.45) is 17.3 Å². The average Bonchev–Trinajstić information content (AvgIpc) is 2.75. The molecule has 4 nitrogen and oxygen atoms in total. The number of anilines is 2. The van der Waals surface area contributed by atoms with Crippen LogP contribution in [-0.4, -0.2) is 18.5 Å². The number of rotatable bonds is 3. The highest BCUT2D eigenvalue weighted by Gasteiger charge is 2.34. The summed E-state index contributed by atoms with van der Waals surface area (Å²) in [6.07, 6.45) is 3.78. The molecule has 1 aliphatic heterocycles. The van der Waals surface area contributed by atoms with Crippen molar-refractivity contribution in [3.05, 3.63) is 48.5 Å². The number of carbonyl (C=O) groups excluding carboxylic acids is 2. The molecule has 1 aliphatic carbocycles. The normalized spacial score (nSPS) is 20.8. The maximum Gasteiger partial charge on any atom is 0.309 e. The van der Waals surface area contributed by atoms with Gasteiger partial charge < -0.3 is 4.74 Å². The van der Waals surface area contributed by atoms with Crippen LogP contribution >= 0.6 is 11.8 Å². The lowest BCUT2D eigenvalue weighted by Gasteiger charge is -2.36. The fourth-order valence-corrected chi connectivity index (χ4v) is 5.54. The van der Waals surface area contributed by atoms with Crippen molar-refractivity contribution in [2.75, 3.05) is 11.5 Å². The zero-order chi connectivity index (χ0) is 21.3. The molecule has 158 valence electrons. The van der Waals surface area contributed by atoms with E-state index in [0.717, 1.165) is 46.8 Å². The van der Waals surface area contributed by atoms with Crippen LogP contribution in [0.15, 0.2) is 58.3 Å². The van der Waals surface area contributed by atoms with Crippen LogP contribution in [0, 0.1) is 17.3 Å². The number of para-hydroxylation sites is 2. The maximum atomic E-state index is 13.1. The molecule has 1 saturated carbocycles. The van der Waals surface area contributed by atoms with Gasteiger partial charge in [-0.1, -0.05) is 56.8 Å². The number of fused-ring (bicyclic) bond motifs is 2. The molecule has 0 bridgehead atoms. The molecule has 2 aromatic rings. The van der Waals surface area contributed by atoms with E-state index in [1.807, 2.05) is 48.5 Å².